The number of alkyl halides is 3. The fraction of sp³-hybridized carbons (Fsp3) is 0.833. The monoisotopic (exact) mass is 605 g/mol. The zero-order valence-corrected chi connectivity index (χ0v) is 25.3. The number of nitrogens with zero attached hydrogens (tertiary/aromatic N) is 7. The summed E-state index contributed by atoms with van der Waals surface area (Å²) in [6.07, 6.45) is 4.33. The molecule has 43 heavy (non-hydrogen) atoms. The molecule has 238 valence electrons. The van der Waals surface area contributed by atoms with Gasteiger partial charge in [0, 0.05) is 81.7 Å². The van der Waals surface area contributed by atoms with Crippen molar-refractivity contribution in [3.05, 3.63) is 11.8 Å². The molecule has 0 unspecified atom stereocenters. The van der Waals surface area contributed by atoms with Gasteiger partial charge in [-0.1, -0.05) is 0 Å². The summed E-state index contributed by atoms with van der Waals surface area (Å²) in [7, 11) is 2.21. The van der Waals surface area contributed by atoms with Crippen molar-refractivity contribution in [3.63, 3.8) is 0 Å². The van der Waals surface area contributed by atoms with E-state index in [1.165, 1.54) is 25.9 Å². The number of carbonyl (C=O) groups excluding carboxylic acids is 1. The molecule has 13 heteroatoms. The van der Waals surface area contributed by atoms with E-state index in [1.807, 2.05) is 4.90 Å². The zero-order chi connectivity index (χ0) is 29.8. The van der Waals surface area contributed by atoms with Gasteiger partial charge < -0.3 is 20.4 Å². The molecule has 0 aromatic carbocycles. The number of nitrogens with one attached hydrogen (secondary N) is 2. The van der Waals surface area contributed by atoms with Gasteiger partial charge in [0.2, 0.25) is 11.9 Å². The molecular weight excluding hydrogens is 559 g/mol. The summed E-state index contributed by atoms with van der Waals surface area (Å²) >= 11 is 0. The number of likely N-dealkylation sites (tertiary alicyclic amines) is 1. The number of fused-ring (bicyclic) bond motifs is 4. The van der Waals surface area contributed by atoms with E-state index < -0.39 is 11.7 Å². The smallest absolute Gasteiger partial charge is 0.369 e. The number of amides is 1. The van der Waals surface area contributed by atoms with Crippen LogP contribution >= 0.6 is 0 Å². The van der Waals surface area contributed by atoms with Crippen molar-refractivity contribution in [3.8, 4) is 0 Å². The summed E-state index contributed by atoms with van der Waals surface area (Å²) in [4.78, 5) is 32.9. The standard InChI is InChI=1S/C30H46F3N9O/c1-38-9-3-22(4-10-38)40-13-15-41(16-14-40)29-19-28(20-29,21-29)37-27-35-17-24(30(31,32)33)26(36-27)34-7-2-8-42-23-5-11-39(12-6-23)18-25(42)43/h17,22-23H,2-16,18-21H2,1H3,(H2,34,35,36,37). The third kappa shape index (κ3) is 5.82. The third-order valence-electron chi connectivity index (χ3n) is 11.2. The Morgan fingerprint density at radius 2 is 1.63 bits per heavy atom. The Morgan fingerprint density at radius 1 is 0.953 bits per heavy atom. The quantitative estimate of drug-likeness (QED) is 0.413. The Morgan fingerprint density at radius 3 is 2.30 bits per heavy atom. The van der Waals surface area contributed by atoms with Gasteiger partial charge in [-0.15, -0.1) is 0 Å². The lowest BCUT2D eigenvalue weighted by atomic mass is 9.43. The van der Waals surface area contributed by atoms with Gasteiger partial charge in [-0.25, -0.2) is 4.98 Å². The van der Waals surface area contributed by atoms with Crippen LogP contribution in [0.2, 0.25) is 0 Å². The number of halogens is 3. The van der Waals surface area contributed by atoms with Gasteiger partial charge in [-0.2, -0.15) is 18.2 Å². The number of hydrogen-bond acceptors (Lipinski definition) is 9. The summed E-state index contributed by atoms with van der Waals surface area (Å²) in [5, 5.41) is 6.34. The first-order valence-corrected chi connectivity index (χ1v) is 16.3. The maximum Gasteiger partial charge on any atom is 0.421 e. The summed E-state index contributed by atoms with van der Waals surface area (Å²) in [5.74, 6) is 0.190. The van der Waals surface area contributed by atoms with Crippen LogP contribution in [0.4, 0.5) is 24.9 Å². The van der Waals surface area contributed by atoms with Gasteiger partial charge in [0.05, 0.1) is 6.54 Å². The van der Waals surface area contributed by atoms with Crippen LogP contribution in [0.5, 0.6) is 0 Å². The average molecular weight is 606 g/mol. The van der Waals surface area contributed by atoms with Crippen LogP contribution in [-0.4, -0.2) is 143 Å². The van der Waals surface area contributed by atoms with E-state index in [2.05, 4.69) is 47.2 Å². The molecule has 6 heterocycles. The highest BCUT2D eigenvalue weighted by Gasteiger charge is 2.70. The number of carbonyl (C=O) groups is 1. The van der Waals surface area contributed by atoms with Crippen molar-refractivity contribution >= 4 is 17.7 Å². The minimum absolute atomic E-state index is 0.121. The number of piperidine rings is 2. The molecule has 1 amide bonds. The van der Waals surface area contributed by atoms with Crippen molar-refractivity contribution < 1.29 is 18.0 Å². The second-order valence-electron chi connectivity index (χ2n) is 14.0. The van der Waals surface area contributed by atoms with Crippen molar-refractivity contribution in [2.75, 3.05) is 89.7 Å². The van der Waals surface area contributed by atoms with Crippen LogP contribution < -0.4 is 10.6 Å². The number of anilines is 2. The molecule has 4 bridgehead atoms. The molecule has 1 aromatic heterocycles. The van der Waals surface area contributed by atoms with Gasteiger partial charge in [-0.05, 0) is 71.5 Å². The summed E-state index contributed by atoms with van der Waals surface area (Å²) < 4.78 is 41.4. The maximum atomic E-state index is 13.8. The maximum absolute atomic E-state index is 13.8. The van der Waals surface area contributed by atoms with Gasteiger partial charge in [-0.3, -0.25) is 19.5 Å². The number of aromatic nitrogens is 2. The van der Waals surface area contributed by atoms with E-state index in [0.29, 0.717) is 32.1 Å². The molecule has 5 aliphatic heterocycles. The van der Waals surface area contributed by atoms with Crippen LogP contribution in [-0.2, 0) is 11.0 Å². The first-order chi connectivity index (χ1) is 20.6. The summed E-state index contributed by atoms with van der Waals surface area (Å²) in [6.45, 7) is 9.97. The lowest BCUT2D eigenvalue weighted by Crippen LogP contribution is -2.82. The number of rotatable bonds is 9. The minimum atomic E-state index is -4.55. The minimum Gasteiger partial charge on any atom is -0.369 e. The van der Waals surface area contributed by atoms with E-state index in [-0.39, 0.29) is 34.8 Å². The third-order valence-corrected chi connectivity index (χ3v) is 11.2. The highest BCUT2D eigenvalue weighted by Crippen LogP contribution is 2.64. The number of hydrogen-bond donors (Lipinski definition) is 2. The zero-order valence-electron chi connectivity index (χ0n) is 25.3. The van der Waals surface area contributed by atoms with E-state index in [9.17, 15) is 18.0 Å². The first-order valence-electron chi connectivity index (χ1n) is 16.3. The molecule has 9 rings (SSSR count). The Balaban J connectivity index is 0.913. The molecule has 5 saturated heterocycles. The second kappa shape index (κ2) is 11.3. The molecule has 1 aromatic rings. The fourth-order valence-electron chi connectivity index (χ4n) is 8.78. The molecule has 3 aliphatic carbocycles. The van der Waals surface area contributed by atoms with Crippen molar-refractivity contribution in [2.45, 2.75) is 80.7 Å². The van der Waals surface area contributed by atoms with Gasteiger partial charge >= 0.3 is 6.18 Å². The average Bonchev–Trinajstić information content (AvgIpc) is 3.19. The van der Waals surface area contributed by atoms with Crippen LogP contribution in [0.3, 0.4) is 0 Å². The van der Waals surface area contributed by atoms with E-state index in [0.717, 1.165) is 77.6 Å². The lowest BCUT2D eigenvalue weighted by Gasteiger charge is -2.74. The predicted molar refractivity (Wildman–Crippen MR) is 158 cm³/mol. The second-order valence-corrected chi connectivity index (χ2v) is 14.0. The Hall–Kier alpha value is -2.22. The molecule has 0 radical (unpaired) electrons. The van der Waals surface area contributed by atoms with Crippen LogP contribution in [0, 0.1) is 0 Å². The van der Waals surface area contributed by atoms with Gasteiger partial charge in [0.15, 0.2) is 0 Å². The fourth-order valence-corrected chi connectivity index (χ4v) is 8.78. The Kier molecular flexibility index (Phi) is 7.75. The highest BCUT2D eigenvalue weighted by atomic mass is 19.4. The van der Waals surface area contributed by atoms with Crippen molar-refractivity contribution in [1.29, 1.82) is 0 Å². The molecule has 2 N–H and O–H groups in total. The molecule has 8 fully saturated rings. The summed E-state index contributed by atoms with van der Waals surface area (Å²) in [6, 6.07) is 0.954. The van der Waals surface area contributed by atoms with E-state index in [1.54, 1.807) is 0 Å². The van der Waals surface area contributed by atoms with Gasteiger partial charge in [0.25, 0.3) is 0 Å². The Bertz CT molecular complexity index is 1150. The van der Waals surface area contributed by atoms with Crippen LogP contribution in [0.25, 0.3) is 0 Å². The molecule has 8 aliphatic rings. The lowest BCUT2D eigenvalue weighted by molar-refractivity contribution is -0.164. The molecule has 0 spiro atoms. The van der Waals surface area contributed by atoms with E-state index in [4.69, 9.17) is 0 Å². The first kappa shape index (κ1) is 29.5. The molecule has 3 saturated carbocycles. The van der Waals surface area contributed by atoms with E-state index >= 15 is 0 Å². The molecule has 10 nitrogen and oxygen atoms in total. The molecular formula is C30H46F3N9O. The summed E-state index contributed by atoms with van der Waals surface area (Å²) in [5.41, 5.74) is -0.753. The van der Waals surface area contributed by atoms with Gasteiger partial charge in [0.1, 0.15) is 11.4 Å². The SMILES string of the molecule is CN1CCC(N2CCN(C34CC(Nc5ncc(C(F)(F)F)c(NCCCN6C(=O)CN7CCC6CC7)n5)(C3)C4)CC2)CC1. The van der Waals surface area contributed by atoms with Crippen molar-refractivity contribution in [2.24, 2.45) is 0 Å². The Labute approximate surface area is 252 Å². The number of piperazine rings is 1. The predicted octanol–water partition coefficient (Wildman–Crippen LogP) is 2.40. The van der Waals surface area contributed by atoms with Crippen LogP contribution in [0.1, 0.15) is 56.9 Å². The normalized spacial score (nSPS) is 34.0. The van der Waals surface area contributed by atoms with Crippen molar-refractivity contribution in [1.82, 2.24) is 34.5 Å². The largest absolute Gasteiger partial charge is 0.421 e. The molecule has 0 atom stereocenters. The highest BCUT2D eigenvalue weighted by molar-refractivity contribution is 5.79. The van der Waals surface area contributed by atoms with Crippen LogP contribution in [0.15, 0.2) is 6.20 Å². The topological polar surface area (TPSA) is 83.1 Å².